The van der Waals surface area contributed by atoms with E-state index in [-0.39, 0.29) is 5.91 Å². The Morgan fingerprint density at radius 3 is 2.68 bits per heavy atom. The van der Waals surface area contributed by atoms with E-state index in [0.29, 0.717) is 11.3 Å². The normalized spacial score (nSPS) is 10.2. The van der Waals surface area contributed by atoms with Gasteiger partial charge in [-0.25, -0.2) is 0 Å². The number of nitrogens with one attached hydrogen (secondary N) is 1. The van der Waals surface area contributed by atoms with Crippen molar-refractivity contribution in [3.63, 3.8) is 0 Å². The smallest absolute Gasteiger partial charge is 0.255 e. The SMILES string of the molecule is CCc1ccc(NC(=O)c2cccc(I)c2)cc1N. The van der Waals surface area contributed by atoms with Crippen LogP contribution in [0.3, 0.4) is 0 Å². The molecule has 0 fully saturated rings. The molecule has 19 heavy (non-hydrogen) atoms. The molecule has 2 aromatic carbocycles. The first kappa shape index (κ1) is 13.9. The Bertz CT molecular complexity index is 611. The average molecular weight is 366 g/mol. The maximum atomic E-state index is 12.1. The fourth-order valence-electron chi connectivity index (χ4n) is 1.83. The molecule has 0 saturated carbocycles. The quantitative estimate of drug-likeness (QED) is 0.643. The third-order valence-corrected chi connectivity index (χ3v) is 3.54. The van der Waals surface area contributed by atoms with Crippen molar-refractivity contribution < 1.29 is 4.79 Å². The molecule has 0 atom stereocenters. The van der Waals surface area contributed by atoms with E-state index in [1.165, 1.54) is 0 Å². The summed E-state index contributed by atoms with van der Waals surface area (Å²) in [7, 11) is 0. The Balaban J connectivity index is 2.17. The molecule has 4 heteroatoms. The van der Waals surface area contributed by atoms with Gasteiger partial charge < -0.3 is 11.1 Å². The second-order valence-corrected chi connectivity index (χ2v) is 5.48. The van der Waals surface area contributed by atoms with Gasteiger partial charge in [-0.1, -0.05) is 19.1 Å². The minimum Gasteiger partial charge on any atom is -0.398 e. The number of nitrogens with two attached hydrogens (primary N) is 1. The molecule has 0 aliphatic rings. The van der Waals surface area contributed by atoms with Gasteiger partial charge in [-0.05, 0) is 64.9 Å². The van der Waals surface area contributed by atoms with Gasteiger partial charge in [-0.15, -0.1) is 0 Å². The Morgan fingerprint density at radius 1 is 1.26 bits per heavy atom. The van der Waals surface area contributed by atoms with Crippen LogP contribution in [0.2, 0.25) is 0 Å². The van der Waals surface area contributed by atoms with Crippen LogP contribution in [-0.2, 0) is 6.42 Å². The van der Waals surface area contributed by atoms with E-state index >= 15 is 0 Å². The Kier molecular flexibility index (Phi) is 4.42. The first-order chi connectivity index (χ1) is 9.10. The number of halogens is 1. The van der Waals surface area contributed by atoms with E-state index in [9.17, 15) is 4.79 Å². The van der Waals surface area contributed by atoms with E-state index in [0.717, 1.165) is 21.2 Å². The molecular formula is C15H15IN2O. The van der Waals surface area contributed by atoms with Crippen LogP contribution in [0.15, 0.2) is 42.5 Å². The number of hydrogen-bond acceptors (Lipinski definition) is 2. The molecule has 0 bridgehead atoms. The van der Waals surface area contributed by atoms with Gasteiger partial charge in [-0.3, -0.25) is 4.79 Å². The van der Waals surface area contributed by atoms with Crippen LogP contribution in [0, 0.1) is 3.57 Å². The molecule has 0 radical (unpaired) electrons. The van der Waals surface area contributed by atoms with Gasteiger partial charge in [0.2, 0.25) is 0 Å². The number of anilines is 2. The van der Waals surface area contributed by atoms with Gasteiger partial charge in [0, 0.05) is 20.5 Å². The summed E-state index contributed by atoms with van der Waals surface area (Å²) in [6.07, 6.45) is 0.886. The van der Waals surface area contributed by atoms with Crippen molar-refractivity contribution in [1.82, 2.24) is 0 Å². The van der Waals surface area contributed by atoms with Crippen LogP contribution in [0.4, 0.5) is 11.4 Å². The summed E-state index contributed by atoms with van der Waals surface area (Å²) in [4.78, 5) is 12.1. The Hall–Kier alpha value is -1.56. The average Bonchev–Trinajstić information content (AvgIpc) is 2.39. The van der Waals surface area contributed by atoms with Gasteiger partial charge >= 0.3 is 0 Å². The van der Waals surface area contributed by atoms with Crippen molar-refractivity contribution in [2.75, 3.05) is 11.1 Å². The highest BCUT2D eigenvalue weighted by atomic mass is 127. The maximum Gasteiger partial charge on any atom is 0.255 e. The molecule has 0 unspecified atom stereocenters. The predicted octanol–water partition coefficient (Wildman–Crippen LogP) is 3.69. The summed E-state index contributed by atoms with van der Waals surface area (Å²) < 4.78 is 1.03. The maximum absolute atomic E-state index is 12.1. The van der Waals surface area contributed by atoms with Crippen molar-refractivity contribution in [1.29, 1.82) is 0 Å². The van der Waals surface area contributed by atoms with Gasteiger partial charge in [0.15, 0.2) is 0 Å². The molecule has 0 aliphatic carbocycles. The lowest BCUT2D eigenvalue weighted by Crippen LogP contribution is -2.12. The molecule has 0 aromatic heterocycles. The lowest BCUT2D eigenvalue weighted by atomic mass is 10.1. The minimum atomic E-state index is -0.123. The monoisotopic (exact) mass is 366 g/mol. The van der Waals surface area contributed by atoms with E-state index in [4.69, 9.17) is 5.73 Å². The van der Waals surface area contributed by atoms with Gasteiger partial charge in [0.05, 0.1) is 0 Å². The molecule has 0 spiro atoms. The lowest BCUT2D eigenvalue weighted by Gasteiger charge is -2.08. The van der Waals surface area contributed by atoms with Crippen LogP contribution in [0.25, 0.3) is 0 Å². The largest absolute Gasteiger partial charge is 0.398 e. The molecule has 0 heterocycles. The molecule has 3 N–H and O–H groups in total. The number of rotatable bonds is 3. The molecule has 98 valence electrons. The predicted molar refractivity (Wildman–Crippen MR) is 87.3 cm³/mol. The second-order valence-electron chi connectivity index (χ2n) is 4.23. The molecule has 2 rings (SSSR count). The van der Waals surface area contributed by atoms with Crippen molar-refractivity contribution in [3.05, 3.63) is 57.2 Å². The fraction of sp³-hybridized carbons (Fsp3) is 0.133. The fourth-order valence-corrected chi connectivity index (χ4v) is 2.37. The van der Waals surface area contributed by atoms with E-state index < -0.39 is 0 Å². The Labute approximate surface area is 126 Å². The van der Waals surface area contributed by atoms with Crippen LogP contribution in [0.1, 0.15) is 22.8 Å². The summed E-state index contributed by atoms with van der Waals surface area (Å²) in [5, 5.41) is 2.86. The zero-order chi connectivity index (χ0) is 13.8. The molecule has 2 aromatic rings. The zero-order valence-corrected chi connectivity index (χ0v) is 12.8. The highest BCUT2D eigenvalue weighted by molar-refractivity contribution is 14.1. The topological polar surface area (TPSA) is 55.1 Å². The molecule has 3 nitrogen and oxygen atoms in total. The summed E-state index contributed by atoms with van der Waals surface area (Å²) in [5.74, 6) is -0.123. The lowest BCUT2D eigenvalue weighted by molar-refractivity contribution is 0.102. The van der Waals surface area contributed by atoms with E-state index in [1.807, 2.05) is 30.3 Å². The number of nitrogen functional groups attached to an aromatic ring is 1. The highest BCUT2D eigenvalue weighted by Crippen LogP contribution is 2.19. The summed E-state index contributed by atoms with van der Waals surface area (Å²) in [6, 6.07) is 13.1. The minimum absolute atomic E-state index is 0.123. The van der Waals surface area contributed by atoms with Crippen molar-refractivity contribution in [2.24, 2.45) is 0 Å². The van der Waals surface area contributed by atoms with E-state index in [1.54, 1.807) is 12.1 Å². The van der Waals surface area contributed by atoms with Crippen LogP contribution in [0.5, 0.6) is 0 Å². The van der Waals surface area contributed by atoms with Crippen molar-refractivity contribution in [2.45, 2.75) is 13.3 Å². The third-order valence-electron chi connectivity index (χ3n) is 2.87. The number of hydrogen-bond donors (Lipinski definition) is 2. The summed E-state index contributed by atoms with van der Waals surface area (Å²) in [6.45, 7) is 2.05. The van der Waals surface area contributed by atoms with Gasteiger partial charge in [-0.2, -0.15) is 0 Å². The second kappa shape index (κ2) is 6.06. The van der Waals surface area contributed by atoms with Crippen LogP contribution < -0.4 is 11.1 Å². The van der Waals surface area contributed by atoms with E-state index in [2.05, 4.69) is 34.8 Å². The molecule has 0 saturated heterocycles. The van der Waals surface area contributed by atoms with Crippen molar-refractivity contribution >= 4 is 39.9 Å². The number of amides is 1. The third kappa shape index (κ3) is 3.47. The van der Waals surface area contributed by atoms with Gasteiger partial charge in [0.1, 0.15) is 0 Å². The number of benzene rings is 2. The molecule has 1 amide bonds. The zero-order valence-electron chi connectivity index (χ0n) is 10.6. The summed E-state index contributed by atoms with van der Waals surface area (Å²) in [5.41, 5.74) is 9.08. The number of carbonyl (C=O) groups excluding carboxylic acids is 1. The highest BCUT2D eigenvalue weighted by Gasteiger charge is 2.07. The first-order valence-corrected chi connectivity index (χ1v) is 7.13. The van der Waals surface area contributed by atoms with Crippen LogP contribution in [-0.4, -0.2) is 5.91 Å². The number of carbonyl (C=O) groups is 1. The molecule has 0 aliphatic heterocycles. The van der Waals surface area contributed by atoms with Crippen molar-refractivity contribution in [3.8, 4) is 0 Å². The molecular weight excluding hydrogens is 351 g/mol. The summed E-state index contributed by atoms with van der Waals surface area (Å²) >= 11 is 2.18. The Morgan fingerprint density at radius 2 is 2.05 bits per heavy atom. The first-order valence-electron chi connectivity index (χ1n) is 6.05. The number of aryl methyl sites for hydroxylation is 1. The standard InChI is InChI=1S/C15H15IN2O/c1-2-10-6-7-13(9-14(10)17)18-15(19)11-4-3-5-12(16)8-11/h3-9H,2,17H2,1H3,(H,18,19). The van der Waals surface area contributed by atoms with Gasteiger partial charge in [0.25, 0.3) is 5.91 Å². The van der Waals surface area contributed by atoms with Crippen LogP contribution >= 0.6 is 22.6 Å².